The van der Waals surface area contributed by atoms with Crippen LogP contribution in [-0.2, 0) is 22.9 Å². The predicted octanol–water partition coefficient (Wildman–Crippen LogP) is 3.82. The van der Waals surface area contributed by atoms with E-state index in [1.807, 2.05) is 48.5 Å². The van der Waals surface area contributed by atoms with Gasteiger partial charge in [0.2, 0.25) is 10.0 Å². The maximum Gasteiger partial charge on any atom is 0.251 e. The fourth-order valence-electron chi connectivity index (χ4n) is 4.23. The molecule has 0 bridgehead atoms. The van der Waals surface area contributed by atoms with Crippen LogP contribution in [0.1, 0.15) is 23.7 Å². The molecule has 30 heavy (non-hydrogen) atoms. The first-order chi connectivity index (χ1) is 14.3. The molecule has 1 aliphatic rings. The van der Waals surface area contributed by atoms with Gasteiger partial charge in [-0.15, -0.1) is 0 Å². The molecule has 0 fully saturated rings. The summed E-state index contributed by atoms with van der Waals surface area (Å²) in [4.78, 5) is 12.7. The van der Waals surface area contributed by atoms with Crippen molar-refractivity contribution in [3.05, 3.63) is 93.4 Å². The van der Waals surface area contributed by atoms with Crippen LogP contribution >= 0.6 is 11.6 Å². The van der Waals surface area contributed by atoms with Crippen molar-refractivity contribution in [2.24, 2.45) is 0 Å². The Morgan fingerprint density at radius 2 is 1.77 bits per heavy atom. The Labute approximate surface area is 181 Å². The van der Waals surface area contributed by atoms with Gasteiger partial charge in [-0.1, -0.05) is 66.2 Å². The number of halogens is 1. The molecule has 7 heteroatoms. The molecular formula is C23H23ClN2O3S. The van der Waals surface area contributed by atoms with Crippen molar-refractivity contribution in [2.45, 2.75) is 31.3 Å². The van der Waals surface area contributed by atoms with Crippen molar-refractivity contribution >= 4 is 21.6 Å². The van der Waals surface area contributed by atoms with Crippen LogP contribution in [0.2, 0.25) is 5.02 Å². The maximum atomic E-state index is 12.7. The lowest BCUT2D eigenvalue weighted by molar-refractivity contribution is 0.315. The highest BCUT2D eigenvalue weighted by atomic mass is 35.5. The zero-order chi connectivity index (χ0) is 21.3. The standard InChI is InChI=1S/C23H23ClN2O3S/c1-30(28,29)25-20-11-12-21-19(24)10-13-23(27)26(21)22(20)15-16-6-5-9-18(14-16)17-7-3-2-4-8-17/h2-10,13-14,20,22,25H,11-12,15H2,1H3/t20-,22-/m0/s1. The summed E-state index contributed by atoms with van der Waals surface area (Å²) in [6.45, 7) is 0. The van der Waals surface area contributed by atoms with E-state index in [0.29, 0.717) is 24.3 Å². The molecule has 0 radical (unpaired) electrons. The summed E-state index contributed by atoms with van der Waals surface area (Å²) in [6, 6.07) is 20.5. The summed E-state index contributed by atoms with van der Waals surface area (Å²) >= 11 is 6.37. The summed E-state index contributed by atoms with van der Waals surface area (Å²) in [5, 5.41) is 0.537. The Morgan fingerprint density at radius 1 is 1.03 bits per heavy atom. The van der Waals surface area contributed by atoms with Crippen molar-refractivity contribution in [2.75, 3.05) is 6.26 Å². The SMILES string of the molecule is CS(=O)(=O)N[C@H]1CCc2c(Cl)ccc(=O)n2[C@H]1Cc1cccc(-c2ccccc2)c1. The molecule has 0 aliphatic carbocycles. The molecule has 1 aromatic heterocycles. The molecule has 2 aromatic carbocycles. The van der Waals surface area contributed by atoms with Gasteiger partial charge >= 0.3 is 0 Å². The first-order valence-electron chi connectivity index (χ1n) is 9.83. The largest absolute Gasteiger partial charge is 0.306 e. The number of nitrogens with zero attached hydrogens (tertiary/aromatic N) is 1. The predicted molar refractivity (Wildman–Crippen MR) is 120 cm³/mol. The number of aromatic nitrogens is 1. The summed E-state index contributed by atoms with van der Waals surface area (Å²) < 4.78 is 28.4. The average Bonchev–Trinajstić information content (AvgIpc) is 2.72. The third kappa shape index (κ3) is 4.51. The molecule has 0 amide bonds. The number of hydrogen-bond donors (Lipinski definition) is 1. The van der Waals surface area contributed by atoms with Gasteiger partial charge in [0.25, 0.3) is 5.56 Å². The van der Waals surface area contributed by atoms with Gasteiger partial charge in [-0.05, 0) is 42.0 Å². The number of benzene rings is 2. The average molecular weight is 443 g/mol. The van der Waals surface area contributed by atoms with Crippen LogP contribution in [-0.4, -0.2) is 25.3 Å². The third-order valence-electron chi connectivity index (χ3n) is 5.51. The van der Waals surface area contributed by atoms with Crippen LogP contribution in [0, 0.1) is 0 Å². The smallest absolute Gasteiger partial charge is 0.251 e. The maximum absolute atomic E-state index is 12.7. The van der Waals surface area contributed by atoms with Gasteiger partial charge in [0.15, 0.2) is 0 Å². The minimum atomic E-state index is -3.42. The molecule has 0 saturated heterocycles. The van der Waals surface area contributed by atoms with Crippen molar-refractivity contribution in [1.82, 2.24) is 9.29 Å². The van der Waals surface area contributed by atoms with E-state index in [-0.39, 0.29) is 17.6 Å². The molecule has 3 aromatic rings. The minimum absolute atomic E-state index is 0.168. The van der Waals surface area contributed by atoms with Crippen LogP contribution in [0.4, 0.5) is 0 Å². The first kappa shape index (κ1) is 20.8. The van der Waals surface area contributed by atoms with Gasteiger partial charge < -0.3 is 4.57 Å². The van der Waals surface area contributed by atoms with Crippen molar-refractivity contribution in [3.8, 4) is 11.1 Å². The van der Waals surface area contributed by atoms with Crippen LogP contribution in [0.15, 0.2) is 71.5 Å². The molecule has 2 atom stereocenters. The van der Waals surface area contributed by atoms with Crippen LogP contribution < -0.4 is 10.3 Å². The van der Waals surface area contributed by atoms with E-state index in [1.165, 1.54) is 6.07 Å². The summed E-state index contributed by atoms with van der Waals surface area (Å²) in [6.07, 6.45) is 2.79. The Bertz CT molecular complexity index is 1220. The minimum Gasteiger partial charge on any atom is -0.306 e. The Morgan fingerprint density at radius 3 is 2.50 bits per heavy atom. The van der Waals surface area contributed by atoms with E-state index in [0.717, 1.165) is 28.6 Å². The summed E-state index contributed by atoms with van der Waals surface area (Å²) in [7, 11) is -3.42. The molecule has 0 unspecified atom stereocenters. The van der Waals surface area contributed by atoms with Gasteiger partial charge in [-0.3, -0.25) is 4.79 Å². The van der Waals surface area contributed by atoms with Crippen molar-refractivity contribution in [1.29, 1.82) is 0 Å². The molecule has 156 valence electrons. The lowest BCUT2D eigenvalue weighted by atomic mass is 9.90. The molecule has 0 saturated carbocycles. The summed E-state index contributed by atoms with van der Waals surface area (Å²) in [5.41, 5.74) is 3.81. The van der Waals surface area contributed by atoms with Gasteiger partial charge in [-0.25, -0.2) is 13.1 Å². The second-order valence-electron chi connectivity index (χ2n) is 7.71. The zero-order valence-electron chi connectivity index (χ0n) is 16.6. The van der Waals surface area contributed by atoms with Crippen LogP contribution in [0.5, 0.6) is 0 Å². The first-order valence-corrected chi connectivity index (χ1v) is 12.1. The highest BCUT2D eigenvalue weighted by Crippen LogP contribution is 2.31. The number of fused-ring (bicyclic) bond motifs is 1. The lowest BCUT2D eigenvalue weighted by Gasteiger charge is -2.36. The van der Waals surface area contributed by atoms with E-state index >= 15 is 0 Å². The van der Waals surface area contributed by atoms with Crippen LogP contribution in [0.3, 0.4) is 0 Å². The fourth-order valence-corrected chi connectivity index (χ4v) is 5.31. The molecular weight excluding hydrogens is 420 g/mol. The fraction of sp³-hybridized carbons (Fsp3) is 0.261. The van der Waals surface area contributed by atoms with Crippen LogP contribution in [0.25, 0.3) is 11.1 Å². The summed E-state index contributed by atoms with van der Waals surface area (Å²) in [5.74, 6) is 0. The Kier molecular flexibility index (Phi) is 5.82. The quantitative estimate of drug-likeness (QED) is 0.653. The monoisotopic (exact) mass is 442 g/mol. The number of rotatable bonds is 5. The van der Waals surface area contributed by atoms with E-state index in [9.17, 15) is 13.2 Å². The van der Waals surface area contributed by atoms with Crippen molar-refractivity contribution in [3.63, 3.8) is 0 Å². The number of pyridine rings is 1. The second-order valence-corrected chi connectivity index (χ2v) is 9.90. The van der Waals surface area contributed by atoms with Gasteiger partial charge in [0, 0.05) is 17.8 Å². The Hall–Kier alpha value is -2.41. The molecule has 1 aliphatic heterocycles. The number of hydrogen-bond acceptors (Lipinski definition) is 3. The highest BCUT2D eigenvalue weighted by molar-refractivity contribution is 7.88. The molecule has 1 N–H and O–H groups in total. The Balaban J connectivity index is 1.75. The van der Waals surface area contributed by atoms with Gasteiger partial charge in [0.05, 0.1) is 17.3 Å². The molecule has 2 heterocycles. The lowest BCUT2D eigenvalue weighted by Crippen LogP contribution is -2.48. The molecule has 5 nitrogen and oxygen atoms in total. The van der Waals surface area contributed by atoms with E-state index < -0.39 is 10.0 Å². The zero-order valence-corrected chi connectivity index (χ0v) is 18.2. The third-order valence-corrected chi connectivity index (χ3v) is 6.58. The number of nitrogens with one attached hydrogen (secondary N) is 1. The highest BCUT2D eigenvalue weighted by Gasteiger charge is 2.33. The molecule has 0 spiro atoms. The van der Waals surface area contributed by atoms with E-state index in [4.69, 9.17) is 11.6 Å². The topological polar surface area (TPSA) is 68.2 Å². The van der Waals surface area contributed by atoms with Gasteiger partial charge in [-0.2, -0.15) is 0 Å². The second kappa shape index (κ2) is 8.38. The van der Waals surface area contributed by atoms with E-state index in [2.05, 4.69) is 10.8 Å². The van der Waals surface area contributed by atoms with Gasteiger partial charge in [0.1, 0.15) is 0 Å². The van der Waals surface area contributed by atoms with E-state index in [1.54, 1.807) is 10.6 Å². The van der Waals surface area contributed by atoms with Crippen molar-refractivity contribution < 1.29 is 8.42 Å². The normalized spacial score (nSPS) is 18.7. The molecule has 4 rings (SSSR count). The number of sulfonamides is 1.